The summed E-state index contributed by atoms with van der Waals surface area (Å²) in [6, 6.07) is 6.63. The molecule has 1 amide bonds. The maximum atomic E-state index is 13.2. The molecule has 0 radical (unpaired) electrons. The molecule has 9 heteroatoms. The number of nitrogens with two attached hydrogens (primary N) is 1. The Labute approximate surface area is 153 Å². The summed E-state index contributed by atoms with van der Waals surface area (Å²) in [5.41, 5.74) is 3.72. The summed E-state index contributed by atoms with van der Waals surface area (Å²) in [7, 11) is 0. The summed E-state index contributed by atoms with van der Waals surface area (Å²) in [6.45, 7) is 2.63. The van der Waals surface area contributed by atoms with Crippen LogP contribution >= 0.6 is 0 Å². The van der Waals surface area contributed by atoms with Crippen LogP contribution in [0.25, 0.3) is 0 Å². The van der Waals surface area contributed by atoms with Crippen LogP contribution in [0.3, 0.4) is 0 Å². The van der Waals surface area contributed by atoms with Crippen molar-refractivity contribution in [2.45, 2.75) is 32.7 Å². The molecule has 3 N–H and O–H groups in total. The number of amides is 1. The maximum absolute atomic E-state index is 13.2. The number of primary amides is 1. The Kier molecular flexibility index (Phi) is 5.94. The van der Waals surface area contributed by atoms with Gasteiger partial charge in [0.25, 0.3) is 11.5 Å². The van der Waals surface area contributed by atoms with Crippen LogP contribution < -0.4 is 16.0 Å². The SMILES string of the molecule is Cc1ccc(OC[C@H](O)Cn2c(C(F)(F)F)ccc(C(N)=O)c2=O)c(C)c1. The first-order valence-electron chi connectivity index (χ1n) is 7.99. The standard InChI is InChI=1S/C18H19F3N2O4/c1-10-3-5-14(11(2)7-10)27-9-12(24)8-23-15(18(19,20)21)6-4-13(16(22)25)17(23)26/h3-7,12,24H,8-9H2,1-2H3,(H2,22,25)/t12-/m1/s1. The number of carbonyl (C=O) groups excluding carboxylic acids is 1. The number of aliphatic hydroxyl groups is 1. The molecule has 1 aromatic carbocycles. The fourth-order valence-corrected chi connectivity index (χ4v) is 2.61. The zero-order valence-electron chi connectivity index (χ0n) is 14.7. The van der Waals surface area contributed by atoms with E-state index in [-0.39, 0.29) is 11.2 Å². The van der Waals surface area contributed by atoms with Crippen molar-refractivity contribution in [2.24, 2.45) is 5.73 Å². The molecule has 2 aromatic rings. The van der Waals surface area contributed by atoms with Crippen molar-refractivity contribution in [3.8, 4) is 5.75 Å². The molecule has 0 aliphatic rings. The van der Waals surface area contributed by atoms with E-state index >= 15 is 0 Å². The van der Waals surface area contributed by atoms with Crippen molar-refractivity contribution < 1.29 is 27.8 Å². The lowest BCUT2D eigenvalue weighted by Gasteiger charge is -2.19. The lowest BCUT2D eigenvalue weighted by Crippen LogP contribution is -2.37. The maximum Gasteiger partial charge on any atom is 0.431 e. The largest absolute Gasteiger partial charge is 0.491 e. The topological polar surface area (TPSA) is 94.5 Å². The van der Waals surface area contributed by atoms with Crippen LogP contribution in [-0.2, 0) is 12.7 Å². The zero-order valence-corrected chi connectivity index (χ0v) is 14.7. The van der Waals surface area contributed by atoms with E-state index in [1.807, 2.05) is 13.0 Å². The van der Waals surface area contributed by atoms with Gasteiger partial charge in [-0.05, 0) is 37.6 Å². The third kappa shape index (κ3) is 4.88. The molecule has 0 aliphatic heterocycles. The van der Waals surface area contributed by atoms with Gasteiger partial charge in [0, 0.05) is 0 Å². The van der Waals surface area contributed by atoms with Crippen molar-refractivity contribution in [2.75, 3.05) is 6.61 Å². The summed E-state index contributed by atoms with van der Waals surface area (Å²) >= 11 is 0. The lowest BCUT2D eigenvalue weighted by molar-refractivity contribution is -0.144. The molecule has 0 spiro atoms. The number of halogens is 3. The molecule has 0 aliphatic carbocycles. The Bertz CT molecular complexity index is 906. The zero-order chi connectivity index (χ0) is 20.4. The van der Waals surface area contributed by atoms with Gasteiger partial charge in [-0.25, -0.2) is 0 Å². The number of rotatable bonds is 6. The molecule has 27 heavy (non-hydrogen) atoms. The molecule has 1 aromatic heterocycles. The molecule has 1 atom stereocenters. The van der Waals surface area contributed by atoms with Crippen LogP contribution in [0.5, 0.6) is 5.75 Å². The Balaban J connectivity index is 2.25. The number of ether oxygens (including phenoxy) is 1. The average Bonchev–Trinajstić information content (AvgIpc) is 2.54. The second-order valence-electron chi connectivity index (χ2n) is 6.14. The van der Waals surface area contributed by atoms with Gasteiger partial charge < -0.3 is 20.1 Å². The third-order valence-electron chi connectivity index (χ3n) is 3.89. The number of benzene rings is 1. The number of hydrogen-bond acceptors (Lipinski definition) is 4. The monoisotopic (exact) mass is 384 g/mol. The average molecular weight is 384 g/mol. The highest BCUT2D eigenvalue weighted by atomic mass is 19.4. The first-order chi connectivity index (χ1) is 12.5. The first-order valence-corrected chi connectivity index (χ1v) is 7.99. The van der Waals surface area contributed by atoms with Crippen LogP contribution in [0.4, 0.5) is 13.2 Å². The van der Waals surface area contributed by atoms with Crippen LogP contribution in [0.15, 0.2) is 35.1 Å². The third-order valence-corrected chi connectivity index (χ3v) is 3.89. The van der Waals surface area contributed by atoms with E-state index in [1.54, 1.807) is 19.1 Å². The summed E-state index contributed by atoms with van der Waals surface area (Å²) in [6.07, 6.45) is -6.27. The predicted molar refractivity (Wildman–Crippen MR) is 91.6 cm³/mol. The molecule has 1 heterocycles. The van der Waals surface area contributed by atoms with Gasteiger partial charge in [0.1, 0.15) is 29.7 Å². The van der Waals surface area contributed by atoms with Crippen LogP contribution in [0.2, 0.25) is 0 Å². The summed E-state index contributed by atoms with van der Waals surface area (Å²) in [5, 5.41) is 10.1. The van der Waals surface area contributed by atoms with E-state index in [4.69, 9.17) is 10.5 Å². The number of aliphatic hydroxyl groups excluding tert-OH is 1. The molecule has 0 unspecified atom stereocenters. The number of aromatic nitrogens is 1. The Morgan fingerprint density at radius 2 is 1.93 bits per heavy atom. The second-order valence-corrected chi connectivity index (χ2v) is 6.14. The molecular weight excluding hydrogens is 365 g/mol. The highest BCUT2D eigenvalue weighted by molar-refractivity contribution is 5.92. The molecule has 0 saturated heterocycles. The van der Waals surface area contributed by atoms with Crippen LogP contribution in [-0.4, -0.2) is 28.3 Å². The van der Waals surface area contributed by atoms with Crippen molar-refractivity contribution >= 4 is 5.91 Å². The van der Waals surface area contributed by atoms with Crippen molar-refractivity contribution in [1.29, 1.82) is 0 Å². The molecular formula is C18H19F3N2O4. The normalized spacial score (nSPS) is 12.7. The van der Waals surface area contributed by atoms with E-state index < -0.39 is 41.5 Å². The highest BCUT2D eigenvalue weighted by Gasteiger charge is 2.35. The van der Waals surface area contributed by atoms with E-state index in [2.05, 4.69) is 0 Å². The van der Waals surface area contributed by atoms with Crippen molar-refractivity contribution in [3.63, 3.8) is 0 Å². The molecule has 0 fully saturated rings. The Hall–Kier alpha value is -2.81. The summed E-state index contributed by atoms with van der Waals surface area (Å²) in [5.74, 6) is -0.683. The predicted octanol–water partition coefficient (Wildman–Crippen LogP) is 2.02. The van der Waals surface area contributed by atoms with E-state index in [9.17, 15) is 27.9 Å². The lowest BCUT2D eigenvalue weighted by atomic mass is 10.1. The molecule has 2 rings (SSSR count). The molecule has 6 nitrogen and oxygen atoms in total. The summed E-state index contributed by atoms with van der Waals surface area (Å²) < 4.78 is 45.2. The number of alkyl halides is 3. The van der Waals surface area contributed by atoms with Gasteiger partial charge in [-0.15, -0.1) is 0 Å². The highest BCUT2D eigenvalue weighted by Crippen LogP contribution is 2.28. The van der Waals surface area contributed by atoms with Gasteiger partial charge in [0.15, 0.2) is 0 Å². The minimum Gasteiger partial charge on any atom is -0.491 e. The van der Waals surface area contributed by atoms with E-state index in [0.717, 1.165) is 17.2 Å². The fraction of sp³-hybridized carbons (Fsp3) is 0.333. The number of nitrogens with zero attached hydrogens (tertiary/aromatic N) is 1. The van der Waals surface area contributed by atoms with Gasteiger partial charge in [0.05, 0.1) is 6.54 Å². The molecule has 0 saturated carbocycles. The minimum absolute atomic E-state index is 0.288. The van der Waals surface area contributed by atoms with Gasteiger partial charge in [-0.2, -0.15) is 13.2 Å². The number of carbonyl (C=O) groups is 1. The molecule has 146 valence electrons. The van der Waals surface area contributed by atoms with E-state index in [1.165, 1.54) is 0 Å². The Morgan fingerprint density at radius 3 is 2.48 bits per heavy atom. The van der Waals surface area contributed by atoms with Gasteiger partial charge in [-0.1, -0.05) is 17.7 Å². The van der Waals surface area contributed by atoms with Gasteiger partial charge in [-0.3, -0.25) is 9.59 Å². The van der Waals surface area contributed by atoms with Gasteiger partial charge in [0.2, 0.25) is 0 Å². The molecule has 0 bridgehead atoms. The van der Waals surface area contributed by atoms with Crippen molar-refractivity contribution in [3.05, 3.63) is 63.1 Å². The quantitative estimate of drug-likeness (QED) is 0.797. The number of pyridine rings is 1. The first kappa shape index (κ1) is 20.5. The fourth-order valence-electron chi connectivity index (χ4n) is 2.61. The second kappa shape index (κ2) is 7.83. The van der Waals surface area contributed by atoms with Crippen LogP contribution in [0, 0.1) is 13.8 Å². The summed E-state index contributed by atoms with van der Waals surface area (Å²) in [4.78, 5) is 23.4. The minimum atomic E-state index is -4.84. The van der Waals surface area contributed by atoms with Crippen molar-refractivity contribution in [1.82, 2.24) is 4.57 Å². The van der Waals surface area contributed by atoms with E-state index in [0.29, 0.717) is 11.8 Å². The number of aryl methyl sites for hydroxylation is 2. The number of hydrogen-bond donors (Lipinski definition) is 2. The Morgan fingerprint density at radius 1 is 1.26 bits per heavy atom. The van der Waals surface area contributed by atoms with Gasteiger partial charge >= 0.3 is 6.18 Å². The van der Waals surface area contributed by atoms with Crippen LogP contribution in [0.1, 0.15) is 27.2 Å². The smallest absolute Gasteiger partial charge is 0.431 e.